The number of allylic oxidation sites excluding steroid dienone is 2. The van der Waals surface area contributed by atoms with Gasteiger partial charge in [0.1, 0.15) is 13.2 Å². The Morgan fingerprint density at radius 3 is 1.33 bits per heavy atom. The van der Waals surface area contributed by atoms with Gasteiger partial charge in [-0.2, -0.15) is 0 Å². The average Bonchev–Trinajstić information content (AvgIpc) is 2.92. The Hall–Kier alpha value is -1.85. The largest absolute Gasteiger partial charge is 0.462 e. The van der Waals surface area contributed by atoms with Crippen LogP contribution in [0, 0.1) is 0 Å². The number of rotatable bonds is 28. The fourth-order valence-corrected chi connectivity index (χ4v) is 4.26. The van der Waals surface area contributed by atoms with Crippen LogP contribution in [0.3, 0.4) is 0 Å². The number of carbonyl (C=O) groups excluding carboxylic acids is 3. The third-order valence-corrected chi connectivity index (χ3v) is 6.77. The van der Waals surface area contributed by atoms with Gasteiger partial charge in [0.05, 0.1) is 0 Å². The number of hydrogen-bond acceptors (Lipinski definition) is 6. The highest BCUT2D eigenvalue weighted by atomic mass is 16.6. The van der Waals surface area contributed by atoms with Crippen LogP contribution in [-0.2, 0) is 28.6 Å². The molecular weight excluding hydrogens is 492 g/mol. The van der Waals surface area contributed by atoms with Crippen molar-refractivity contribution in [2.75, 3.05) is 13.2 Å². The van der Waals surface area contributed by atoms with Gasteiger partial charge in [0.25, 0.3) is 0 Å². The number of esters is 3. The van der Waals surface area contributed by atoms with Crippen LogP contribution < -0.4 is 0 Å². The van der Waals surface area contributed by atoms with E-state index in [9.17, 15) is 14.4 Å². The molecule has 6 nitrogen and oxygen atoms in total. The average molecular weight is 553 g/mol. The summed E-state index contributed by atoms with van der Waals surface area (Å²) in [5, 5.41) is 0. The van der Waals surface area contributed by atoms with E-state index in [0.29, 0.717) is 19.3 Å². The second-order valence-corrected chi connectivity index (χ2v) is 10.7. The normalized spacial score (nSPS) is 12.0. The lowest BCUT2D eigenvalue weighted by Crippen LogP contribution is -2.30. The fourth-order valence-electron chi connectivity index (χ4n) is 4.26. The summed E-state index contributed by atoms with van der Waals surface area (Å²) in [4.78, 5) is 36.3. The van der Waals surface area contributed by atoms with E-state index in [1.54, 1.807) is 0 Å². The van der Waals surface area contributed by atoms with Gasteiger partial charge in [-0.3, -0.25) is 14.4 Å². The predicted molar refractivity (Wildman–Crippen MR) is 160 cm³/mol. The molecule has 0 radical (unpaired) electrons. The Morgan fingerprint density at radius 2 is 0.846 bits per heavy atom. The zero-order valence-electron chi connectivity index (χ0n) is 25.7. The number of unbranched alkanes of at least 4 members (excludes halogenated alkanes) is 15. The van der Waals surface area contributed by atoms with Crippen LogP contribution in [0.15, 0.2) is 12.2 Å². The van der Waals surface area contributed by atoms with E-state index in [-0.39, 0.29) is 31.1 Å². The van der Waals surface area contributed by atoms with Gasteiger partial charge in [-0.05, 0) is 44.9 Å². The first-order valence-electron chi connectivity index (χ1n) is 16.2. The van der Waals surface area contributed by atoms with Gasteiger partial charge in [-0.1, -0.05) is 110 Å². The Balaban J connectivity index is 4.02. The Morgan fingerprint density at radius 1 is 0.487 bits per heavy atom. The number of ether oxygens (including phenoxy) is 3. The first-order chi connectivity index (χ1) is 19.0. The van der Waals surface area contributed by atoms with Gasteiger partial charge in [0.15, 0.2) is 6.10 Å². The highest BCUT2D eigenvalue weighted by molar-refractivity contribution is 5.71. The fraction of sp³-hybridized carbons (Fsp3) is 0.848. The highest BCUT2D eigenvalue weighted by Crippen LogP contribution is 2.11. The zero-order valence-corrected chi connectivity index (χ0v) is 25.7. The molecular formula is C33H60O6. The molecule has 0 aromatic carbocycles. The topological polar surface area (TPSA) is 78.9 Å². The van der Waals surface area contributed by atoms with Crippen molar-refractivity contribution in [1.82, 2.24) is 0 Å². The number of hydrogen-bond donors (Lipinski definition) is 0. The van der Waals surface area contributed by atoms with Gasteiger partial charge >= 0.3 is 17.9 Å². The maximum Gasteiger partial charge on any atom is 0.306 e. The van der Waals surface area contributed by atoms with Crippen molar-refractivity contribution in [2.24, 2.45) is 0 Å². The van der Waals surface area contributed by atoms with Crippen LogP contribution in [0.25, 0.3) is 0 Å². The third kappa shape index (κ3) is 27.5. The standard InChI is InChI=1S/C33H60O6/c1-4-7-10-11-12-13-14-15-16-17-18-19-20-21-24-26-32(35)38-29-30(39-33(36)27-23-9-6-3)28-37-31(34)25-22-8-5-2/h15-16,30H,4-14,17-29H2,1-3H3/b16-15-. The van der Waals surface area contributed by atoms with Crippen LogP contribution in [-0.4, -0.2) is 37.2 Å². The summed E-state index contributed by atoms with van der Waals surface area (Å²) in [6, 6.07) is 0. The van der Waals surface area contributed by atoms with Gasteiger partial charge in [0, 0.05) is 19.3 Å². The van der Waals surface area contributed by atoms with Gasteiger partial charge in [-0.15, -0.1) is 0 Å². The summed E-state index contributed by atoms with van der Waals surface area (Å²) < 4.78 is 16.1. The lowest BCUT2D eigenvalue weighted by molar-refractivity contribution is -0.167. The molecule has 6 heteroatoms. The molecule has 0 N–H and O–H groups in total. The lowest BCUT2D eigenvalue weighted by atomic mass is 10.1. The number of carbonyl (C=O) groups is 3. The molecule has 0 rings (SSSR count). The molecule has 0 spiro atoms. The van der Waals surface area contributed by atoms with Crippen molar-refractivity contribution >= 4 is 17.9 Å². The van der Waals surface area contributed by atoms with Gasteiger partial charge in [0.2, 0.25) is 0 Å². The molecule has 0 amide bonds. The summed E-state index contributed by atoms with van der Waals surface area (Å²) >= 11 is 0. The Kier molecular flexibility index (Phi) is 27.8. The van der Waals surface area contributed by atoms with E-state index in [4.69, 9.17) is 14.2 Å². The van der Waals surface area contributed by atoms with E-state index in [0.717, 1.165) is 64.2 Å². The van der Waals surface area contributed by atoms with Gasteiger partial charge < -0.3 is 14.2 Å². The van der Waals surface area contributed by atoms with Crippen molar-refractivity contribution in [1.29, 1.82) is 0 Å². The monoisotopic (exact) mass is 552 g/mol. The van der Waals surface area contributed by atoms with E-state index in [1.165, 1.54) is 57.8 Å². The van der Waals surface area contributed by atoms with Crippen molar-refractivity contribution in [3.63, 3.8) is 0 Å². The SMILES string of the molecule is CCCCCCCC/C=C\CCCCCCCC(=O)OCC(COC(=O)CCCCC)OC(=O)CCCCC. The van der Waals surface area contributed by atoms with Crippen molar-refractivity contribution in [3.05, 3.63) is 12.2 Å². The minimum absolute atomic E-state index is 0.0777. The molecule has 0 fully saturated rings. The molecule has 1 atom stereocenters. The molecule has 1 unspecified atom stereocenters. The molecule has 0 aromatic rings. The van der Waals surface area contributed by atoms with Crippen molar-refractivity contribution < 1.29 is 28.6 Å². The summed E-state index contributed by atoms with van der Waals surface area (Å²) in [7, 11) is 0. The molecule has 0 aromatic heterocycles. The van der Waals surface area contributed by atoms with E-state index >= 15 is 0 Å². The minimum atomic E-state index is -0.757. The predicted octanol–water partition coefficient (Wildman–Crippen LogP) is 9.18. The van der Waals surface area contributed by atoms with Crippen LogP contribution >= 0.6 is 0 Å². The second kappa shape index (κ2) is 29.1. The first kappa shape index (κ1) is 37.1. The zero-order chi connectivity index (χ0) is 28.8. The second-order valence-electron chi connectivity index (χ2n) is 10.7. The van der Waals surface area contributed by atoms with Gasteiger partial charge in [-0.25, -0.2) is 0 Å². The first-order valence-corrected chi connectivity index (χ1v) is 16.2. The summed E-state index contributed by atoms with van der Waals surface area (Å²) in [5.74, 6) is -0.951. The van der Waals surface area contributed by atoms with Crippen LogP contribution in [0.5, 0.6) is 0 Å². The van der Waals surface area contributed by atoms with E-state index < -0.39 is 6.10 Å². The van der Waals surface area contributed by atoms with Crippen LogP contribution in [0.1, 0.15) is 162 Å². The molecule has 39 heavy (non-hydrogen) atoms. The van der Waals surface area contributed by atoms with Crippen molar-refractivity contribution in [2.45, 2.75) is 168 Å². The highest BCUT2D eigenvalue weighted by Gasteiger charge is 2.19. The van der Waals surface area contributed by atoms with E-state index in [2.05, 4.69) is 32.9 Å². The molecule has 0 aliphatic heterocycles. The van der Waals surface area contributed by atoms with Crippen molar-refractivity contribution in [3.8, 4) is 0 Å². The maximum atomic E-state index is 12.2. The quantitative estimate of drug-likeness (QED) is 0.0416. The Labute approximate surface area is 240 Å². The lowest BCUT2D eigenvalue weighted by Gasteiger charge is -2.18. The van der Waals surface area contributed by atoms with Crippen LogP contribution in [0.2, 0.25) is 0 Å². The molecule has 0 aliphatic carbocycles. The summed E-state index contributed by atoms with van der Waals surface area (Å²) in [6.07, 6.45) is 26.1. The molecule has 0 aliphatic rings. The smallest absolute Gasteiger partial charge is 0.306 e. The third-order valence-electron chi connectivity index (χ3n) is 6.77. The molecule has 0 saturated carbocycles. The molecule has 0 heterocycles. The van der Waals surface area contributed by atoms with E-state index in [1.807, 2.05) is 0 Å². The maximum absolute atomic E-state index is 12.2. The summed E-state index contributed by atoms with van der Waals surface area (Å²) in [6.45, 7) is 6.24. The molecule has 0 bridgehead atoms. The summed E-state index contributed by atoms with van der Waals surface area (Å²) in [5.41, 5.74) is 0. The minimum Gasteiger partial charge on any atom is -0.462 e. The Bertz CT molecular complexity index is 615. The van der Waals surface area contributed by atoms with Crippen LogP contribution in [0.4, 0.5) is 0 Å². The molecule has 0 saturated heterocycles. The molecule has 228 valence electrons.